The molecule has 0 saturated carbocycles. The minimum absolute atomic E-state index is 0.126. The molecule has 2 heterocycles. The number of fused-ring (bicyclic) bond motifs is 1. The summed E-state index contributed by atoms with van der Waals surface area (Å²) in [6.45, 7) is 1.73. The Morgan fingerprint density at radius 3 is 2.24 bits per heavy atom. The zero-order chi connectivity index (χ0) is 23.8. The molecule has 0 radical (unpaired) electrons. The largest absolute Gasteiger partial charge is 0.388 e. The van der Waals surface area contributed by atoms with Crippen LogP contribution in [0.2, 0.25) is 0 Å². The highest BCUT2D eigenvalue weighted by Gasteiger charge is 2.17. The van der Waals surface area contributed by atoms with Crippen molar-refractivity contribution in [2.75, 3.05) is 12.4 Å². The molecule has 5 aromatic rings. The maximum atomic E-state index is 14.0. The predicted octanol–water partition coefficient (Wildman–Crippen LogP) is 6.42. The van der Waals surface area contributed by atoms with Crippen molar-refractivity contribution in [3.63, 3.8) is 0 Å². The molecule has 0 aliphatic rings. The summed E-state index contributed by atoms with van der Waals surface area (Å²) in [5.41, 5.74) is 7.22. The van der Waals surface area contributed by atoms with Gasteiger partial charge in [-0.1, -0.05) is 48.5 Å². The number of hydrogen-bond donors (Lipinski definition) is 1. The maximum absolute atomic E-state index is 14.0. The molecule has 0 bridgehead atoms. The summed E-state index contributed by atoms with van der Waals surface area (Å²) in [5, 5.41) is 3.67. The van der Waals surface area contributed by atoms with Crippen LogP contribution in [0.5, 0.6) is 0 Å². The van der Waals surface area contributed by atoms with Gasteiger partial charge in [-0.25, -0.2) is 9.37 Å². The molecule has 5 rings (SSSR count). The van der Waals surface area contributed by atoms with Crippen LogP contribution in [-0.2, 0) is 7.05 Å². The first-order valence-corrected chi connectivity index (χ1v) is 11.1. The summed E-state index contributed by atoms with van der Waals surface area (Å²) >= 11 is 0. The fourth-order valence-electron chi connectivity index (χ4n) is 4.26. The lowest BCUT2D eigenvalue weighted by molar-refractivity contribution is 0.619. The quantitative estimate of drug-likeness (QED) is 0.344. The first kappa shape index (κ1) is 21.6. The van der Waals surface area contributed by atoms with Crippen LogP contribution in [-0.4, -0.2) is 16.6 Å². The Labute approximate surface area is 197 Å². The molecular formula is C29H24FN3O. The molecule has 0 fully saturated rings. The Bertz CT molecular complexity index is 1570. The number of pyridine rings is 2. The van der Waals surface area contributed by atoms with Gasteiger partial charge in [0.2, 0.25) is 0 Å². The van der Waals surface area contributed by atoms with E-state index in [1.165, 1.54) is 6.07 Å². The van der Waals surface area contributed by atoms with Crippen molar-refractivity contribution in [2.45, 2.75) is 6.92 Å². The predicted molar refractivity (Wildman–Crippen MR) is 138 cm³/mol. The molecule has 0 saturated heterocycles. The molecule has 0 spiro atoms. The average Bonchev–Trinajstić information content (AvgIpc) is 2.88. The van der Waals surface area contributed by atoms with Crippen molar-refractivity contribution >= 4 is 16.6 Å². The zero-order valence-electron chi connectivity index (χ0n) is 19.3. The Kier molecular flexibility index (Phi) is 5.46. The number of aromatic nitrogens is 2. The molecule has 2 aromatic heterocycles. The number of benzene rings is 3. The minimum atomic E-state index is -0.262. The first-order chi connectivity index (χ1) is 16.5. The molecule has 5 heteroatoms. The summed E-state index contributed by atoms with van der Waals surface area (Å²) in [6, 6.07) is 24.9. The summed E-state index contributed by atoms with van der Waals surface area (Å²) in [6.07, 6.45) is 1.78. The lowest BCUT2D eigenvalue weighted by Gasteiger charge is -2.15. The van der Waals surface area contributed by atoms with Gasteiger partial charge in [0, 0.05) is 42.7 Å². The fourth-order valence-corrected chi connectivity index (χ4v) is 4.26. The number of aryl methyl sites for hydroxylation is 2. The van der Waals surface area contributed by atoms with E-state index in [4.69, 9.17) is 4.98 Å². The number of anilines is 1. The van der Waals surface area contributed by atoms with Crippen molar-refractivity contribution in [3.8, 4) is 33.5 Å². The van der Waals surface area contributed by atoms with Crippen LogP contribution >= 0.6 is 0 Å². The van der Waals surface area contributed by atoms with Crippen molar-refractivity contribution in [3.05, 3.63) is 107 Å². The second-order valence-electron chi connectivity index (χ2n) is 8.40. The first-order valence-electron chi connectivity index (χ1n) is 11.1. The van der Waals surface area contributed by atoms with Crippen molar-refractivity contribution < 1.29 is 4.39 Å². The van der Waals surface area contributed by atoms with Gasteiger partial charge in [0.05, 0.1) is 16.6 Å². The topological polar surface area (TPSA) is 46.9 Å². The number of hydrogen-bond acceptors (Lipinski definition) is 3. The third-order valence-corrected chi connectivity index (χ3v) is 6.15. The van der Waals surface area contributed by atoms with Crippen LogP contribution in [0.4, 0.5) is 10.1 Å². The third kappa shape index (κ3) is 3.75. The summed E-state index contributed by atoms with van der Waals surface area (Å²) in [5.74, 6) is -0.262. The van der Waals surface area contributed by atoms with E-state index in [9.17, 15) is 9.18 Å². The summed E-state index contributed by atoms with van der Waals surface area (Å²) < 4.78 is 15.5. The van der Waals surface area contributed by atoms with Gasteiger partial charge >= 0.3 is 0 Å². The Morgan fingerprint density at radius 2 is 1.56 bits per heavy atom. The van der Waals surface area contributed by atoms with Crippen LogP contribution < -0.4 is 10.9 Å². The fraction of sp³-hybridized carbons (Fsp3) is 0.103. The number of halogens is 1. The van der Waals surface area contributed by atoms with E-state index < -0.39 is 0 Å². The van der Waals surface area contributed by atoms with Gasteiger partial charge < -0.3 is 9.88 Å². The minimum Gasteiger partial charge on any atom is -0.388 e. The van der Waals surface area contributed by atoms with Crippen molar-refractivity contribution in [1.82, 2.24) is 9.55 Å². The summed E-state index contributed by atoms with van der Waals surface area (Å²) in [4.78, 5) is 18.3. The van der Waals surface area contributed by atoms with E-state index in [2.05, 4.69) is 5.32 Å². The summed E-state index contributed by atoms with van der Waals surface area (Å²) in [7, 11) is 3.61. The van der Waals surface area contributed by atoms with E-state index in [1.54, 1.807) is 36.9 Å². The van der Waals surface area contributed by atoms with E-state index in [1.807, 2.05) is 67.7 Å². The molecule has 0 amide bonds. The zero-order valence-corrected chi connectivity index (χ0v) is 19.3. The highest BCUT2D eigenvalue weighted by molar-refractivity contribution is 5.98. The van der Waals surface area contributed by atoms with E-state index in [0.717, 1.165) is 39.2 Å². The monoisotopic (exact) mass is 449 g/mol. The maximum Gasteiger partial charge on any atom is 0.259 e. The number of nitrogens with one attached hydrogen (secondary N) is 1. The molecule has 34 heavy (non-hydrogen) atoms. The highest BCUT2D eigenvalue weighted by Crippen LogP contribution is 2.36. The van der Waals surface area contributed by atoms with Crippen molar-refractivity contribution in [1.29, 1.82) is 0 Å². The Hall–Kier alpha value is -4.25. The van der Waals surface area contributed by atoms with Crippen LogP contribution in [0, 0.1) is 12.7 Å². The van der Waals surface area contributed by atoms with E-state index in [-0.39, 0.29) is 11.4 Å². The van der Waals surface area contributed by atoms with Crippen LogP contribution in [0.1, 0.15) is 5.56 Å². The second kappa shape index (κ2) is 8.60. The molecule has 0 aliphatic heterocycles. The van der Waals surface area contributed by atoms with Crippen LogP contribution in [0.25, 0.3) is 44.4 Å². The lowest BCUT2D eigenvalue weighted by Crippen LogP contribution is -2.17. The SMILES string of the molecule is CNc1ccc(-c2nc3c(-c4ccc(F)c(C)c4)cn(C)c(=O)c3cc2-c2ccccc2)cc1. The smallest absolute Gasteiger partial charge is 0.259 e. The molecule has 3 aromatic carbocycles. The molecule has 168 valence electrons. The van der Waals surface area contributed by atoms with E-state index in [0.29, 0.717) is 16.5 Å². The second-order valence-corrected chi connectivity index (χ2v) is 8.40. The highest BCUT2D eigenvalue weighted by atomic mass is 19.1. The molecule has 0 aliphatic carbocycles. The average molecular weight is 450 g/mol. The normalized spacial score (nSPS) is 11.1. The Morgan fingerprint density at radius 1 is 0.853 bits per heavy atom. The third-order valence-electron chi connectivity index (χ3n) is 6.15. The van der Waals surface area contributed by atoms with Gasteiger partial charge in [-0.05, 0) is 53.9 Å². The molecule has 1 N–H and O–H groups in total. The number of nitrogens with zero attached hydrogens (tertiary/aromatic N) is 2. The van der Waals surface area contributed by atoms with Crippen molar-refractivity contribution in [2.24, 2.45) is 7.05 Å². The van der Waals surface area contributed by atoms with Gasteiger partial charge in [0.1, 0.15) is 5.82 Å². The van der Waals surface area contributed by atoms with Gasteiger partial charge in [0.25, 0.3) is 5.56 Å². The number of rotatable bonds is 4. The van der Waals surface area contributed by atoms with Crippen LogP contribution in [0.3, 0.4) is 0 Å². The lowest BCUT2D eigenvalue weighted by atomic mass is 9.95. The molecule has 4 nitrogen and oxygen atoms in total. The Balaban J connectivity index is 1.87. The van der Waals surface area contributed by atoms with Crippen LogP contribution in [0.15, 0.2) is 89.9 Å². The molecule has 0 atom stereocenters. The molecular weight excluding hydrogens is 425 g/mol. The van der Waals surface area contributed by atoms with Gasteiger partial charge in [-0.15, -0.1) is 0 Å². The standard InChI is InChI=1S/C29H24FN3O/c1-18-15-21(11-14-26(18)30)25-17-33(3)29(34)24-16-23(19-7-5-4-6-8-19)27(32-28(24)25)20-9-12-22(31-2)13-10-20/h4-17,31H,1-3H3. The van der Waals surface area contributed by atoms with Gasteiger partial charge in [-0.2, -0.15) is 0 Å². The molecule has 0 unspecified atom stereocenters. The van der Waals surface area contributed by atoms with E-state index >= 15 is 0 Å². The van der Waals surface area contributed by atoms with Gasteiger partial charge in [0.15, 0.2) is 0 Å². The van der Waals surface area contributed by atoms with Gasteiger partial charge in [-0.3, -0.25) is 4.79 Å².